The molecular formula is C18H23BNO2. The van der Waals surface area contributed by atoms with Crippen LogP contribution in [0.15, 0.2) is 42.5 Å². The number of anilines is 1. The molecule has 4 heteroatoms. The van der Waals surface area contributed by atoms with Gasteiger partial charge >= 0.3 is 7.48 Å². The van der Waals surface area contributed by atoms with E-state index in [-0.39, 0.29) is 0 Å². The van der Waals surface area contributed by atoms with Crippen molar-refractivity contribution in [3.8, 4) is 0 Å². The first-order chi connectivity index (χ1) is 10.3. The molecule has 0 amide bonds. The highest BCUT2D eigenvalue weighted by Crippen LogP contribution is 2.38. The maximum atomic E-state index is 10.2. The number of benzene rings is 1. The van der Waals surface area contributed by atoms with Crippen molar-refractivity contribution in [2.45, 2.75) is 50.9 Å². The van der Waals surface area contributed by atoms with Gasteiger partial charge in [-0.25, -0.2) is 0 Å². The molecule has 22 heavy (non-hydrogen) atoms. The molecule has 1 aromatic carbocycles. The molecule has 3 nitrogen and oxygen atoms in total. The van der Waals surface area contributed by atoms with E-state index >= 15 is 0 Å². The monoisotopic (exact) mass is 296 g/mol. The lowest BCUT2D eigenvalue weighted by Gasteiger charge is -2.37. The first-order valence-electron chi connectivity index (χ1n) is 7.77. The van der Waals surface area contributed by atoms with Gasteiger partial charge in [0.15, 0.2) is 0 Å². The molecule has 1 aliphatic heterocycles. The summed E-state index contributed by atoms with van der Waals surface area (Å²) < 4.78 is 5.85. The fourth-order valence-electron chi connectivity index (χ4n) is 2.64. The van der Waals surface area contributed by atoms with Gasteiger partial charge in [0.25, 0.3) is 0 Å². The molecule has 1 aromatic rings. The molecule has 0 saturated heterocycles. The summed E-state index contributed by atoms with van der Waals surface area (Å²) in [5.41, 5.74) is 1.93. The van der Waals surface area contributed by atoms with E-state index < -0.39 is 11.2 Å². The first kappa shape index (κ1) is 15.4. The van der Waals surface area contributed by atoms with Gasteiger partial charge < -0.3 is 15.1 Å². The summed E-state index contributed by atoms with van der Waals surface area (Å²) in [6.45, 7) is 7.31. The number of nitrogens with one attached hydrogen (secondary N) is 1. The molecule has 1 radical (unpaired) electrons. The Morgan fingerprint density at radius 3 is 2.59 bits per heavy atom. The minimum atomic E-state index is -0.913. The molecule has 1 heterocycles. The first-order valence-corrected chi connectivity index (χ1v) is 7.77. The van der Waals surface area contributed by atoms with E-state index in [0.29, 0.717) is 12.0 Å². The van der Waals surface area contributed by atoms with Crippen molar-refractivity contribution < 1.29 is 9.76 Å². The molecule has 115 valence electrons. The zero-order chi connectivity index (χ0) is 16.0. The van der Waals surface area contributed by atoms with Crippen LogP contribution >= 0.6 is 0 Å². The van der Waals surface area contributed by atoms with Crippen molar-refractivity contribution in [2.75, 3.05) is 5.32 Å². The predicted molar refractivity (Wildman–Crippen MR) is 91.7 cm³/mol. The average molecular weight is 296 g/mol. The fraction of sp³-hybridized carbons (Fsp3) is 0.444. The fourth-order valence-corrected chi connectivity index (χ4v) is 2.64. The topological polar surface area (TPSA) is 41.5 Å². The zero-order valence-electron chi connectivity index (χ0n) is 13.6. The van der Waals surface area contributed by atoms with E-state index in [4.69, 9.17) is 4.65 Å². The third kappa shape index (κ3) is 2.73. The molecule has 0 aromatic heterocycles. The second-order valence-corrected chi connectivity index (χ2v) is 7.12. The highest BCUT2D eigenvalue weighted by Gasteiger charge is 2.36. The lowest BCUT2D eigenvalue weighted by molar-refractivity contribution is -0.0893. The van der Waals surface area contributed by atoms with Gasteiger partial charge in [-0.15, -0.1) is 0 Å². The van der Waals surface area contributed by atoms with Crippen LogP contribution in [0.4, 0.5) is 5.69 Å². The summed E-state index contributed by atoms with van der Waals surface area (Å²) >= 11 is 0. The predicted octanol–water partition coefficient (Wildman–Crippen LogP) is 2.50. The van der Waals surface area contributed by atoms with Crippen LogP contribution < -0.4 is 10.8 Å². The minimum Gasteiger partial charge on any atom is -0.427 e. The standard InChI is InChI=1S/C18H23BNO2/c1-17(2,21)18(3,4)22-19-12-9-10-16-14(11-12)13-7-5-6-8-15(13)20-16/h5-11,13,15,20-21H,1-4H3. The van der Waals surface area contributed by atoms with Gasteiger partial charge in [0, 0.05) is 11.6 Å². The molecule has 1 aliphatic carbocycles. The number of hydrogen-bond donors (Lipinski definition) is 2. The van der Waals surface area contributed by atoms with Crippen molar-refractivity contribution in [3.63, 3.8) is 0 Å². The Balaban J connectivity index is 1.76. The second-order valence-electron chi connectivity index (χ2n) is 7.12. The van der Waals surface area contributed by atoms with E-state index in [1.807, 2.05) is 19.9 Å². The van der Waals surface area contributed by atoms with Crippen LogP contribution in [-0.2, 0) is 4.65 Å². The molecule has 0 spiro atoms. The third-order valence-corrected chi connectivity index (χ3v) is 4.85. The lowest BCUT2D eigenvalue weighted by atomic mass is 9.80. The minimum absolute atomic E-state index is 0.351. The van der Waals surface area contributed by atoms with Crippen LogP contribution in [-0.4, -0.2) is 29.8 Å². The maximum absolute atomic E-state index is 10.2. The van der Waals surface area contributed by atoms with Gasteiger partial charge in [-0.3, -0.25) is 0 Å². The summed E-state index contributed by atoms with van der Waals surface area (Å²) in [4.78, 5) is 0. The van der Waals surface area contributed by atoms with Gasteiger partial charge in [0.2, 0.25) is 0 Å². The molecule has 3 rings (SSSR count). The number of aliphatic hydroxyl groups is 1. The van der Waals surface area contributed by atoms with Crippen molar-refractivity contribution in [3.05, 3.63) is 48.1 Å². The van der Waals surface area contributed by atoms with Crippen molar-refractivity contribution in [1.82, 2.24) is 0 Å². The summed E-state index contributed by atoms with van der Waals surface area (Å²) in [5, 5.41) is 13.7. The van der Waals surface area contributed by atoms with Crippen LogP contribution in [0.2, 0.25) is 0 Å². The van der Waals surface area contributed by atoms with E-state index in [1.54, 1.807) is 21.3 Å². The summed E-state index contributed by atoms with van der Waals surface area (Å²) in [6.07, 6.45) is 8.61. The Morgan fingerprint density at radius 1 is 1.14 bits per heavy atom. The van der Waals surface area contributed by atoms with E-state index in [9.17, 15) is 5.11 Å². The van der Waals surface area contributed by atoms with Crippen molar-refractivity contribution in [1.29, 1.82) is 0 Å². The van der Waals surface area contributed by atoms with E-state index in [0.717, 1.165) is 5.46 Å². The van der Waals surface area contributed by atoms with Gasteiger partial charge in [-0.2, -0.15) is 0 Å². The van der Waals surface area contributed by atoms with Gasteiger partial charge in [0.1, 0.15) is 0 Å². The maximum Gasteiger partial charge on any atom is 0.330 e. The molecule has 0 bridgehead atoms. The molecule has 0 fully saturated rings. The Labute approximate surface area is 133 Å². The van der Waals surface area contributed by atoms with Gasteiger partial charge in [0.05, 0.1) is 17.2 Å². The van der Waals surface area contributed by atoms with Gasteiger partial charge in [-0.1, -0.05) is 41.9 Å². The highest BCUT2D eigenvalue weighted by molar-refractivity contribution is 6.47. The summed E-state index contributed by atoms with van der Waals surface area (Å²) in [6, 6.07) is 6.65. The molecule has 2 aliphatic rings. The Kier molecular flexibility index (Phi) is 3.70. The summed E-state index contributed by atoms with van der Waals surface area (Å²) in [7, 11) is 1.74. The highest BCUT2D eigenvalue weighted by atomic mass is 16.5. The molecule has 2 unspecified atom stereocenters. The van der Waals surface area contributed by atoms with Crippen LogP contribution in [0.3, 0.4) is 0 Å². The van der Waals surface area contributed by atoms with Crippen molar-refractivity contribution >= 4 is 18.6 Å². The van der Waals surface area contributed by atoms with Crippen molar-refractivity contribution in [2.24, 2.45) is 0 Å². The Hall–Kier alpha value is -1.52. The smallest absolute Gasteiger partial charge is 0.330 e. The zero-order valence-corrected chi connectivity index (χ0v) is 13.6. The Bertz CT molecular complexity index is 628. The third-order valence-electron chi connectivity index (χ3n) is 4.85. The van der Waals surface area contributed by atoms with Crippen LogP contribution in [0.1, 0.15) is 39.2 Å². The molecule has 2 atom stereocenters. The lowest BCUT2D eigenvalue weighted by Crippen LogP contribution is -2.49. The SMILES string of the molecule is CC(C)(O)C(C)(C)O[B]c1ccc2c(c1)C1C=CC=CC1N2. The normalized spacial score (nSPS) is 23.0. The number of fused-ring (bicyclic) bond motifs is 3. The average Bonchev–Trinajstić information content (AvgIpc) is 2.82. The number of rotatable bonds is 4. The molecule has 0 saturated carbocycles. The van der Waals surface area contributed by atoms with E-state index in [2.05, 4.69) is 41.8 Å². The van der Waals surface area contributed by atoms with Crippen LogP contribution in [0.25, 0.3) is 0 Å². The number of allylic oxidation sites excluding steroid dienone is 2. The van der Waals surface area contributed by atoms with E-state index in [1.165, 1.54) is 11.3 Å². The quantitative estimate of drug-likeness (QED) is 0.839. The molecule has 2 N–H and O–H groups in total. The van der Waals surface area contributed by atoms with Crippen LogP contribution in [0, 0.1) is 0 Å². The van der Waals surface area contributed by atoms with Gasteiger partial charge in [-0.05, 0) is 39.3 Å². The second kappa shape index (κ2) is 5.29. The molecular weight excluding hydrogens is 273 g/mol. The largest absolute Gasteiger partial charge is 0.427 e. The Morgan fingerprint density at radius 2 is 1.86 bits per heavy atom. The number of hydrogen-bond acceptors (Lipinski definition) is 3. The summed E-state index contributed by atoms with van der Waals surface area (Å²) in [5.74, 6) is 0.385. The van der Waals surface area contributed by atoms with Crippen LogP contribution in [0.5, 0.6) is 0 Å².